The summed E-state index contributed by atoms with van der Waals surface area (Å²) in [5, 5.41) is 24.1. The maximum absolute atomic E-state index is 12.6. The summed E-state index contributed by atoms with van der Waals surface area (Å²) in [6, 6.07) is 15.1. The Kier molecular flexibility index (Phi) is 5.68. The van der Waals surface area contributed by atoms with Crippen molar-refractivity contribution in [3.8, 4) is 5.75 Å². The standard InChI is InChI=1S/C22H19N3O5/c1-12-5-6-14(10-18(12)25-21(28)13-3-2-4-15(23)9-13)20(27)24-16-7-8-17(22(29)30)19(26)11-16/h2-11,26H,23H2,1H3,(H,24,27)(H,25,28)(H,29,30). The number of aryl methyl sites for hydroxylation is 1. The van der Waals surface area contributed by atoms with Crippen molar-refractivity contribution in [1.82, 2.24) is 0 Å². The van der Waals surface area contributed by atoms with Gasteiger partial charge in [-0.25, -0.2) is 4.79 Å². The van der Waals surface area contributed by atoms with Crippen LogP contribution in [0.1, 0.15) is 36.6 Å². The first-order valence-corrected chi connectivity index (χ1v) is 8.90. The number of rotatable bonds is 5. The fraction of sp³-hybridized carbons (Fsp3) is 0.0455. The smallest absolute Gasteiger partial charge is 0.339 e. The number of phenols is 1. The van der Waals surface area contributed by atoms with Crippen LogP contribution in [-0.2, 0) is 0 Å². The van der Waals surface area contributed by atoms with Crippen molar-refractivity contribution in [2.45, 2.75) is 6.92 Å². The lowest BCUT2D eigenvalue weighted by atomic mass is 10.1. The topological polar surface area (TPSA) is 142 Å². The van der Waals surface area contributed by atoms with Crippen LogP contribution in [-0.4, -0.2) is 28.0 Å². The van der Waals surface area contributed by atoms with Gasteiger partial charge in [0.25, 0.3) is 11.8 Å². The minimum atomic E-state index is -1.27. The number of nitrogens with two attached hydrogens (primary N) is 1. The monoisotopic (exact) mass is 405 g/mol. The van der Waals surface area contributed by atoms with Crippen LogP contribution < -0.4 is 16.4 Å². The Morgan fingerprint density at radius 1 is 0.867 bits per heavy atom. The Hall–Kier alpha value is -4.33. The van der Waals surface area contributed by atoms with Gasteiger partial charge >= 0.3 is 5.97 Å². The van der Waals surface area contributed by atoms with E-state index in [1.165, 1.54) is 18.2 Å². The molecule has 0 bridgehead atoms. The highest BCUT2D eigenvalue weighted by Crippen LogP contribution is 2.23. The third-order valence-electron chi connectivity index (χ3n) is 4.38. The highest BCUT2D eigenvalue weighted by atomic mass is 16.4. The van der Waals surface area contributed by atoms with Crippen molar-refractivity contribution in [1.29, 1.82) is 0 Å². The number of nitrogen functional groups attached to an aromatic ring is 1. The molecule has 30 heavy (non-hydrogen) atoms. The van der Waals surface area contributed by atoms with Gasteiger partial charge in [0.05, 0.1) is 0 Å². The van der Waals surface area contributed by atoms with Gasteiger partial charge in [0, 0.05) is 34.3 Å². The van der Waals surface area contributed by atoms with Crippen molar-refractivity contribution < 1.29 is 24.6 Å². The number of aromatic carboxylic acids is 1. The molecule has 0 spiro atoms. The SMILES string of the molecule is Cc1ccc(C(=O)Nc2ccc(C(=O)O)c(O)c2)cc1NC(=O)c1cccc(N)c1. The lowest BCUT2D eigenvalue weighted by Gasteiger charge is -2.12. The maximum atomic E-state index is 12.6. The molecule has 0 heterocycles. The molecule has 0 aliphatic carbocycles. The van der Waals surface area contributed by atoms with E-state index in [1.807, 2.05) is 0 Å². The summed E-state index contributed by atoms with van der Waals surface area (Å²) in [7, 11) is 0. The van der Waals surface area contributed by atoms with E-state index in [1.54, 1.807) is 43.3 Å². The second kappa shape index (κ2) is 8.36. The van der Waals surface area contributed by atoms with Crippen LogP contribution in [0.3, 0.4) is 0 Å². The van der Waals surface area contributed by atoms with Crippen LogP contribution in [0, 0.1) is 6.92 Å². The number of anilines is 3. The van der Waals surface area contributed by atoms with E-state index in [2.05, 4.69) is 10.6 Å². The zero-order valence-corrected chi connectivity index (χ0v) is 16.0. The van der Waals surface area contributed by atoms with Gasteiger partial charge in [-0.15, -0.1) is 0 Å². The van der Waals surface area contributed by atoms with Crippen molar-refractivity contribution in [2.24, 2.45) is 0 Å². The number of carbonyl (C=O) groups excluding carboxylic acids is 2. The number of aromatic hydroxyl groups is 1. The van der Waals surface area contributed by atoms with Gasteiger partial charge in [-0.1, -0.05) is 12.1 Å². The molecule has 6 N–H and O–H groups in total. The van der Waals surface area contributed by atoms with E-state index in [4.69, 9.17) is 10.8 Å². The van der Waals surface area contributed by atoms with Gasteiger partial charge in [0.2, 0.25) is 0 Å². The molecule has 0 fully saturated rings. The maximum Gasteiger partial charge on any atom is 0.339 e. The molecule has 152 valence electrons. The molecule has 8 nitrogen and oxygen atoms in total. The largest absolute Gasteiger partial charge is 0.507 e. The Labute approximate surface area is 172 Å². The van der Waals surface area contributed by atoms with E-state index in [-0.39, 0.29) is 22.7 Å². The summed E-state index contributed by atoms with van der Waals surface area (Å²) < 4.78 is 0. The van der Waals surface area contributed by atoms with Crippen LogP contribution in [0.4, 0.5) is 17.1 Å². The quantitative estimate of drug-likeness (QED) is 0.411. The average Bonchev–Trinajstić information content (AvgIpc) is 2.69. The molecular weight excluding hydrogens is 386 g/mol. The van der Waals surface area contributed by atoms with E-state index in [9.17, 15) is 19.5 Å². The minimum Gasteiger partial charge on any atom is -0.507 e. The van der Waals surface area contributed by atoms with Gasteiger partial charge in [-0.2, -0.15) is 0 Å². The van der Waals surface area contributed by atoms with Gasteiger partial charge in [-0.05, 0) is 55.0 Å². The average molecular weight is 405 g/mol. The number of carboxylic acid groups (broad SMARTS) is 1. The molecule has 3 aromatic carbocycles. The lowest BCUT2D eigenvalue weighted by Crippen LogP contribution is -2.15. The first-order chi connectivity index (χ1) is 14.2. The van der Waals surface area contributed by atoms with Gasteiger partial charge in [0.1, 0.15) is 11.3 Å². The number of benzene rings is 3. The lowest BCUT2D eigenvalue weighted by molar-refractivity contribution is 0.0693. The second-order valence-corrected chi connectivity index (χ2v) is 6.60. The zero-order valence-electron chi connectivity index (χ0n) is 16.0. The number of amides is 2. The Balaban J connectivity index is 1.79. The van der Waals surface area contributed by atoms with Crippen LogP contribution in [0.5, 0.6) is 5.75 Å². The predicted molar refractivity (Wildman–Crippen MR) is 113 cm³/mol. The van der Waals surface area contributed by atoms with Crippen LogP contribution in [0.2, 0.25) is 0 Å². The molecule has 0 saturated heterocycles. The Bertz CT molecular complexity index is 1160. The first-order valence-electron chi connectivity index (χ1n) is 8.90. The van der Waals surface area contributed by atoms with Crippen molar-refractivity contribution >= 4 is 34.8 Å². The number of carbonyl (C=O) groups is 3. The molecule has 0 aliphatic rings. The molecule has 3 aromatic rings. The van der Waals surface area contributed by atoms with E-state index in [0.29, 0.717) is 16.9 Å². The third kappa shape index (κ3) is 4.56. The van der Waals surface area contributed by atoms with Gasteiger partial charge < -0.3 is 26.6 Å². The normalized spacial score (nSPS) is 10.3. The summed E-state index contributed by atoms with van der Waals surface area (Å²) in [4.78, 5) is 36.0. The molecule has 2 amide bonds. The number of nitrogens with one attached hydrogen (secondary N) is 2. The highest BCUT2D eigenvalue weighted by molar-refractivity contribution is 6.08. The predicted octanol–water partition coefficient (Wildman–Crippen LogP) is 3.49. The summed E-state index contributed by atoms with van der Waals surface area (Å²) >= 11 is 0. The fourth-order valence-corrected chi connectivity index (χ4v) is 2.77. The fourth-order valence-electron chi connectivity index (χ4n) is 2.77. The Morgan fingerprint density at radius 3 is 2.23 bits per heavy atom. The molecular formula is C22H19N3O5. The molecule has 0 aromatic heterocycles. The van der Waals surface area contributed by atoms with E-state index < -0.39 is 17.6 Å². The van der Waals surface area contributed by atoms with Crippen LogP contribution >= 0.6 is 0 Å². The van der Waals surface area contributed by atoms with Crippen LogP contribution in [0.15, 0.2) is 60.7 Å². The summed E-state index contributed by atoms with van der Waals surface area (Å²) in [5.41, 5.74) is 8.00. The Morgan fingerprint density at radius 2 is 1.57 bits per heavy atom. The third-order valence-corrected chi connectivity index (χ3v) is 4.38. The number of hydrogen-bond acceptors (Lipinski definition) is 5. The summed E-state index contributed by atoms with van der Waals surface area (Å²) in [6.07, 6.45) is 0. The summed E-state index contributed by atoms with van der Waals surface area (Å²) in [5.74, 6) is -2.59. The highest BCUT2D eigenvalue weighted by Gasteiger charge is 2.14. The number of carboxylic acids is 1. The molecule has 0 unspecified atom stereocenters. The molecule has 3 rings (SSSR count). The molecule has 8 heteroatoms. The molecule has 0 atom stereocenters. The molecule has 0 aliphatic heterocycles. The zero-order chi connectivity index (χ0) is 21.8. The molecule has 0 radical (unpaired) electrons. The van der Waals surface area contributed by atoms with Crippen LogP contribution in [0.25, 0.3) is 0 Å². The first kappa shape index (κ1) is 20.4. The number of hydrogen-bond donors (Lipinski definition) is 5. The van der Waals surface area contributed by atoms with Crippen molar-refractivity contribution in [3.63, 3.8) is 0 Å². The van der Waals surface area contributed by atoms with Gasteiger partial charge in [-0.3, -0.25) is 9.59 Å². The van der Waals surface area contributed by atoms with Gasteiger partial charge in [0.15, 0.2) is 0 Å². The van der Waals surface area contributed by atoms with Crippen molar-refractivity contribution in [2.75, 3.05) is 16.4 Å². The van der Waals surface area contributed by atoms with E-state index in [0.717, 1.165) is 11.6 Å². The summed E-state index contributed by atoms with van der Waals surface area (Å²) in [6.45, 7) is 1.79. The van der Waals surface area contributed by atoms with E-state index >= 15 is 0 Å². The second-order valence-electron chi connectivity index (χ2n) is 6.60. The van der Waals surface area contributed by atoms with Crippen molar-refractivity contribution in [3.05, 3.63) is 82.9 Å². The minimum absolute atomic E-state index is 0.230. The molecule has 0 saturated carbocycles.